The Bertz CT molecular complexity index is 1000. The average molecular weight is 516 g/mol. The summed E-state index contributed by atoms with van der Waals surface area (Å²) in [5.74, 6) is -0.885. The fourth-order valence-electron chi connectivity index (χ4n) is 3.13. The van der Waals surface area contributed by atoms with Crippen molar-refractivity contribution in [2.24, 2.45) is 0 Å². The number of nitrogens with one attached hydrogen (secondary N) is 1. The number of morpholine rings is 1. The SMILES string of the molecule is O=C(Nc1ccc(Cl)c(F)c1)OC(CN1CCO[C@H](c2ccc(C(F)(F)F)nc2)C1)C(F)(F)F. The Balaban J connectivity index is 1.64. The molecule has 1 fully saturated rings. The number of hydrogen-bond acceptors (Lipinski definition) is 5. The first-order valence-corrected chi connectivity index (χ1v) is 10.1. The third kappa shape index (κ3) is 6.93. The van der Waals surface area contributed by atoms with Gasteiger partial charge < -0.3 is 9.47 Å². The topological polar surface area (TPSA) is 63.7 Å². The predicted octanol–water partition coefficient (Wildman–Crippen LogP) is 5.45. The number of alkyl halides is 6. The lowest BCUT2D eigenvalue weighted by molar-refractivity contribution is -0.209. The quantitative estimate of drug-likeness (QED) is 0.537. The van der Waals surface area contributed by atoms with Crippen molar-refractivity contribution in [2.75, 3.05) is 31.6 Å². The van der Waals surface area contributed by atoms with E-state index in [1.807, 2.05) is 5.32 Å². The van der Waals surface area contributed by atoms with Crippen molar-refractivity contribution in [3.8, 4) is 0 Å². The first-order valence-electron chi connectivity index (χ1n) is 9.69. The molecule has 6 nitrogen and oxygen atoms in total. The summed E-state index contributed by atoms with van der Waals surface area (Å²) in [5.41, 5.74) is -1.01. The van der Waals surface area contributed by atoms with E-state index in [1.165, 1.54) is 11.0 Å². The highest BCUT2D eigenvalue weighted by atomic mass is 35.5. The van der Waals surface area contributed by atoms with Crippen molar-refractivity contribution < 1.29 is 45.0 Å². The van der Waals surface area contributed by atoms with E-state index >= 15 is 0 Å². The molecule has 0 aliphatic carbocycles. The number of hydrogen-bond donors (Lipinski definition) is 1. The van der Waals surface area contributed by atoms with Gasteiger partial charge in [0, 0.05) is 37.1 Å². The van der Waals surface area contributed by atoms with Gasteiger partial charge in [0.2, 0.25) is 6.10 Å². The summed E-state index contributed by atoms with van der Waals surface area (Å²) >= 11 is 5.52. The maximum atomic E-state index is 13.5. The van der Waals surface area contributed by atoms with Gasteiger partial charge in [-0.05, 0) is 24.3 Å². The van der Waals surface area contributed by atoms with Gasteiger partial charge in [0.15, 0.2) is 0 Å². The smallest absolute Gasteiger partial charge is 0.433 e. The number of pyridine rings is 1. The third-order valence-corrected chi connectivity index (χ3v) is 5.11. The van der Waals surface area contributed by atoms with Crippen LogP contribution in [-0.4, -0.2) is 54.5 Å². The molecule has 1 aliphatic rings. The molecule has 1 saturated heterocycles. The van der Waals surface area contributed by atoms with Crippen LogP contribution in [0.25, 0.3) is 0 Å². The van der Waals surface area contributed by atoms with Crippen molar-refractivity contribution >= 4 is 23.4 Å². The van der Waals surface area contributed by atoms with E-state index in [-0.39, 0.29) is 36.0 Å². The number of amides is 1. The maximum absolute atomic E-state index is 13.5. The Morgan fingerprint density at radius 3 is 2.56 bits per heavy atom. The van der Waals surface area contributed by atoms with Gasteiger partial charge in [0.25, 0.3) is 0 Å². The maximum Gasteiger partial charge on any atom is 0.433 e. The molecule has 1 unspecified atom stereocenters. The molecule has 2 heterocycles. The monoisotopic (exact) mass is 515 g/mol. The van der Waals surface area contributed by atoms with Gasteiger partial charge >= 0.3 is 18.4 Å². The molecule has 2 atom stereocenters. The number of anilines is 1. The number of halogens is 8. The van der Waals surface area contributed by atoms with Crippen molar-refractivity contribution in [3.63, 3.8) is 0 Å². The zero-order valence-electron chi connectivity index (χ0n) is 17.1. The van der Waals surface area contributed by atoms with Crippen LogP contribution in [0.4, 0.5) is 41.2 Å². The number of nitrogens with zero attached hydrogens (tertiary/aromatic N) is 2. The van der Waals surface area contributed by atoms with E-state index in [4.69, 9.17) is 16.3 Å². The number of benzene rings is 1. The van der Waals surface area contributed by atoms with Gasteiger partial charge in [-0.1, -0.05) is 17.7 Å². The molecule has 1 aromatic heterocycles. The molecule has 0 saturated carbocycles. The minimum absolute atomic E-state index is 0.00743. The number of carbonyl (C=O) groups is 1. The molecule has 1 aliphatic heterocycles. The van der Waals surface area contributed by atoms with E-state index in [0.717, 1.165) is 30.5 Å². The van der Waals surface area contributed by atoms with Crippen molar-refractivity contribution in [3.05, 3.63) is 58.6 Å². The zero-order chi connectivity index (χ0) is 25.1. The summed E-state index contributed by atoms with van der Waals surface area (Å²) in [5, 5.41) is 1.76. The summed E-state index contributed by atoms with van der Waals surface area (Å²) in [6, 6.07) is 5.00. The molecule has 3 rings (SSSR count). The molecule has 0 bridgehead atoms. The fourth-order valence-corrected chi connectivity index (χ4v) is 3.24. The largest absolute Gasteiger partial charge is 0.435 e. The van der Waals surface area contributed by atoms with Crippen LogP contribution in [0.2, 0.25) is 5.02 Å². The number of aromatic nitrogens is 1. The molecule has 1 N–H and O–H groups in total. The molecule has 0 spiro atoms. The van der Waals surface area contributed by atoms with E-state index in [1.54, 1.807) is 0 Å². The van der Waals surface area contributed by atoms with E-state index in [9.17, 15) is 35.5 Å². The minimum atomic E-state index is -4.92. The van der Waals surface area contributed by atoms with E-state index in [2.05, 4.69) is 9.72 Å². The van der Waals surface area contributed by atoms with Crippen molar-refractivity contribution in [1.82, 2.24) is 9.88 Å². The van der Waals surface area contributed by atoms with Crippen LogP contribution in [0.5, 0.6) is 0 Å². The van der Waals surface area contributed by atoms with E-state index in [0.29, 0.717) is 0 Å². The second-order valence-electron chi connectivity index (χ2n) is 7.28. The van der Waals surface area contributed by atoms with Gasteiger partial charge in [0.05, 0.1) is 17.7 Å². The highest BCUT2D eigenvalue weighted by molar-refractivity contribution is 6.30. The highest BCUT2D eigenvalue weighted by Crippen LogP contribution is 2.30. The minimum Gasteiger partial charge on any atom is -0.435 e. The number of carbonyl (C=O) groups excluding carboxylic acids is 1. The Morgan fingerprint density at radius 2 is 1.97 bits per heavy atom. The third-order valence-electron chi connectivity index (χ3n) is 4.80. The molecule has 2 aromatic rings. The first kappa shape index (κ1) is 26.0. The lowest BCUT2D eigenvalue weighted by Crippen LogP contribution is -2.48. The lowest BCUT2D eigenvalue weighted by atomic mass is 10.1. The number of ether oxygens (including phenoxy) is 2. The van der Waals surface area contributed by atoms with Crippen LogP contribution in [0.3, 0.4) is 0 Å². The van der Waals surface area contributed by atoms with Crippen LogP contribution < -0.4 is 5.32 Å². The Labute approximate surface area is 193 Å². The Morgan fingerprint density at radius 1 is 1.24 bits per heavy atom. The van der Waals surface area contributed by atoms with Gasteiger partial charge in [-0.3, -0.25) is 15.2 Å². The Kier molecular flexibility index (Phi) is 7.88. The molecule has 1 aromatic carbocycles. The highest BCUT2D eigenvalue weighted by Gasteiger charge is 2.44. The summed E-state index contributed by atoms with van der Waals surface area (Å²) in [6.07, 6.45) is -13.4. The normalized spacial score (nSPS) is 18.4. The summed E-state index contributed by atoms with van der Waals surface area (Å²) in [4.78, 5) is 16.6. The van der Waals surface area contributed by atoms with Gasteiger partial charge in [-0.15, -0.1) is 0 Å². The first-order chi connectivity index (χ1) is 15.8. The van der Waals surface area contributed by atoms with Crippen LogP contribution in [0.1, 0.15) is 17.4 Å². The Hall–Kier alpha value is -2.64. The summed E-state index contributed by atoms with van der Waals surface area (Å²) < 4.78 is 102. The van der Waals surface area contributed by atoms with Gasteiger partial charge in [-0.25, -0.2) is 9.18 Å². The zero-order valence-corrected chi connectivity index (χ0v) is 17.8. The molecule has 186 valence electrons. The summed E-state index contributed by atoms with van der Waals surface area (Å²) in [7, 11) is 0. The van der Waals surface area contributed by atoms with Gasteiger partial charge in [-0.2, -0.15) is 26.3 Å². The lowest BCUT2D eigenvalue weighted by Gasteiger charge is -2.35. The predicted molar refractivity (Wildman–Crippen MR) is 106 cm³/mol. The number of rotatable bonds is 5. The van der Waals surface area contributed by atoms with Crippen molar-refractivity contribution in [1.29, 1.82) is 0 Å². The van der Waals surface area contributed by atoms with E-state index < -0.39 is 48.7 Å². The molecular weight excluding hydrogens is 499 g/mol. The standard InChI is InChI=1S/C20H17ClF7N3O3/c21-13-3-2-12(7-14(13)22)30-18(32)34-17(20(26,27)28)10-31-5-6-33-15(9-31)11-1-4-16(29-8-11)19(23,24)25/h1-4,7-8,15,17H,5-6,9-10H2,(H,30,32)/t15-,17?/m0/s1. The molecule has 14 heteroatoms. The van der Waals surface area contributed by atoms with Crippen LogP contribution in [0.15, 0.2) is 36.5 Å². The molecule has 0 radical (unpaired) electrons. The van der Waals surface area contributed by atoms with Crippen LogP contribution in [0, 0.1) is 5.82 Å². The molecule has 1 amide bonds. The van der Waals surface area contributed by atoms with Crippen LogP contribution in [-0.2, 0) is 15.7 Å². The summed E-state index contributed by atoms with van der Waals surface area (Å²) in [6.45, 7) is -0.802. The second-order valence-corrected chi connectivity index (χ2v) is 7.69. The average Bonchev–Trinajstić information content (AvgIpc) is 2.75. The van der Waals surface area contributed by atoms with Crippen molar-refractivity contribution in [2.45, 2.75) is 24.6 Å². The second kappa shape index (κ2) is 10.3. The molecule has 34 heavy (non-hydrogen) atoms. The van der Waals surface area contributed by atoms with Crippen LogP contribution >= 0.6 is 11.6 Å². The fraction of sp³-hybridized carbons (Fsp3) is 0.400. The molecular formula is C20H17ClF7N3O3. The van der Waals surface area contributed by atoms with Gasteiger partial charge in [0.1, 0.15) is 11.5 Å².